The summed E-state index contributed by atoms with van der Waals surface area (Å²) in [6.07, 6.45) is 11.9. The van der Waals surface area contributed by atoms with E-state index >= 15 is 0 Å². The van der Waals surface area contributed by atoms with Crippen molar-refractivity contribution in [3.05, 3.63) is 48.3 Å². The molecule has 1 N–H and O–H groups in total. The van der Waals surface area contributed by atoms with Gasteiger partial charge in [0, 0.05) is 24.6 Å². The summed E-state index contributed by atoms with van der Waals surface area (Å²) in [5.74, 6) is 1.23. The first-order valence-corrected chi connectivity index (χ1v) is 10.00. The third-order valence-electron chi connectivity index (χ3n) is 4.44. The van der Waals surface area contributed by atoms with Crippen molar-refractivity contribution < 1.29 is 9.53 Å². The molecular weight excluding hydrogens is 346 g/mol. The molecule has 1 aliphatic carbocycles. The molecule has 1 aromatic carbocycles. The number of carbonyl (C=O) groups is 1. The predicted molar refractivity (Wildman–Crippen MR) is 105 cm³/mol. The van der Waals surface area contributed by atoms with Gasteiger partial charge in [0.05, 0.1) is 12.9 Å². The van der Waals surface area contributed by atoms with Gasteiger partial charge in [-0.1, -0.05) is 23.4 Å². The number of carbonyl (C=O) groups excluding carboxylic acids is 1. The van der Waals surface area contributed by atoms with Gasteiger partial charge in [0.15, 0.2) is 5.16 Å². The fourth-order valence-electron chi connectivity index (χ4n) is 3.01. The molecule has 3 rings (SSSR count). The largest absolute Gasteiger partial charge is 0.497 e. The molecule has 0 fully saturated rings. The molecule has 0 bridgehead atoms. The van der Waals surface area contributed by atoms with Gasteiger partial charge in [0.25, 0.3) is 0 Å². The molecule has 0 aliphatic heterocycles. The Morgan fingerprint density at radius 1 is 1.31 bits per heavy atom. The second kappa shape index (κ2) is 9.48. The highest BCUT2D eigenvalue weighted by atomic mass is 32.2. The molecule has 2 aromatic rings. The van der Waals surface area contributed by atoms with Crippen molar-refractivity contribution in [3.8, 4) is 11.4 Å². The average Bonchev–Trinajstić information content (AvgIpc) is 3.16. The average molecular weight is 372 g/mol. The lowest BCUT2D eigenvalue weighted by atomic mass is 9.97. The number of nitrogens with zero attached hydrogens (tertiary/aromatic N) is 2. The summed E-state index contributed by atoms with van der Waals surface area (Å²) in [5, 5.41) is 3.82. The lowest BCUT2D eigenvalue weighted by Gasteiger charge is -2.13. The van der Waals surface area contributed by atoms with Crippen LogP contribution in [0.25, 0.3) is 5.69 Å². The first-order chi connectivity index (χ1) is 12.8. The molecule has 0 unspecified atom stereocenters. The molecule has 138 valence electrons. The molecule has 0 saturated carbocycles. The molecule has 26 heavy (non-hydrogen) atoms. The maximum atomic E-state index is 12.1. The van der Waals surface area contributed by atoms with E-state index in [1.807, 2.05) is 35.0 Å². The number of ether oxygens (including phenoxy) is 1. The van der Waals surface area contributed by atoms with Crippen LogP contribution < -0.4 is 10.1 Å². The summed E-state index contributed by atoms with van der Waals surface area (Å²) >= 11 is 1.45. The minimum Gasteiger partial charge on any atom is -0.497 e. The number of hydrogen-bond donors (Lipinski definition) is 1. The van der Waals surface area contributed by atoms with Crippen LogP contribution in [0, 0.1) is 0 Å². The number of allylic oxidation sites excluding steroid dienone is 1. The van der Waals surface area contributed by atoms with E-state index in [0.717, 1.165) is 29.6 Å². The first-order valence-electron chi connectivity index (χ1n) is 9.01. The molecule has 0 radical (unpaired) electrons. The maximum Gasteiger partial charge on any atom is 0.230 e. The van der Waals surface area contributed by atoms with E-state index in [1.54, 1.807) is 13.3 Å². The van der Waals surface area contributed by atoms with Crippen LogP contribution in [0.4, 0.5) is 0 Å². The van der Waals surface area contributed by atoms with Crippen LogP contribution in [0.15, 0.2) is 53.5 Å². The van der Waals surface area contributed by atoms with E-state index in [9.17, 15) is 4.79 Å². The van der Waals surface area contributed by atoms with Crippen LogP contribution in [-0.2, 0) is 4.79 Å². The topological polar surface area (TPSA) is 56.2 Å². The number of imidazole rings is 1. The third kappa shape index (κ3) is 5.14. The number of benzene rings is 1. The van der Waals surface area contributed by atoms with E-state index in [-0.39, 0.29) is 5.91 Å². The monoisotopic (exact) mass is 371 g/mol. The van der Waals surface area contributed by atoms with Crippen molar-refractivity contribution >= 4 is 17.7 Å². The molecule has 1 aliphatic rings. The van der Waals surface area contributed by atoms with Gasteiger partial charge in [-0.2, -0.15) is 0 Å². The molecule has 1 heterocycles. The molecule has 1 aromatic heterocycles. The normalized spacial score (nSPS) is 14.0. The number of rotatable bonds is 8. The van der Waals surface area contributed by atoms with Crippen LogP contribution in [0.3, 0.4) is 0 Å². The maximum absolute atomic E-state index is 12.1. The van der Waals surface area contributed by atoms with Crippen LogP contribution in [0.1, 0.15) is 32.1 Å². The van der Waals surface area contributed by atoms with E-state index in [2.05, 4.69) is 16.4 Å². The number of nitrogens with one attached hydrogen (secondary N) is 1. The number of aromatic nitrogens is 2. The molecule has 0 atom stereocenters. The van der Waals surface area contributed by atoms with Gasteiger partial charge in [-0.15, -0.1) is 0 Å². The Bertz CT molecular complexity index is 753. The van der Waals surface area contributed by atoms with Gasteiger partial charge >= 0.3 is 0 Å². The van der Waals surface area contributed by atoms with Crippen molar-refractivity contribution in [2.45, 2.75) is 37.3 Å². The highest BCUT2D eigenvalue weighted by Gasteiger charge is 2.10. The Morgan fingerprint density at radius 3 is 2.88 bits per heavy atom. The summed E-state index contributed by atoms with van der Waals surface area (Å²) in [6.45, 7) is 0.720. The Morgan fingerprint density at radius 2 is 2.15 bits per heavy atom. The van der Waals surface area contributed by atoms with Gasteiger partial charge < -0.3 is 10.1 Å². The highest BCUT2D eigenvalue weighted by molar-refractivity contribution is 7.99. The van der Waals surface area contributed by atoms with Gasteiger partial charge in [0.2, 0.25) is 5.91 Å². The minimum atomic E-state index is 0.0516. The molecule has 0 saturated heterocycles. The second-order valence-electron chi connectivity index (χ2n) is 6.27. The van der Waals surface area contributed by atoms with Crippen LogP contribution in [0.5, 0.6) is 5.75 Å². The lowest BCUT2D eigenvalue weighted by Crippen LogP contribution is -2.26. The summed E-state index contributed by atoms with van der Waals surface area (Å²) in [4.78, 5) is 16.5. The van der Waals surface area contributed by atoms with Crippen molar-refractivity contribution in [1.29, 1.82) is 0 Å². The van der Waals surface area contributed by atoms with Crippen LogP contribution in [-0.4, -0.2) is 34.9 Å². The van der Waals surface area contributed by atoms with Gasteiger partial charge in [-0.05, 0) is 56.4 Å². The summed E-state index contributed by atoms with van der Waals surface area (Å²) in [5.41, 5.74) is 2.48. The zero-order chi connectivity index (χ0) is 18.2. The van der Waals surface area contributed by atoms with Crippen LogP contribution in [0.2, 0.25) is 0 Å². The van der Waals surface area contributed by atoms with Crippen molar-refractivity contribution in [3.63, 3.8) is 0 Å². The molecule has 6 heteroatoms. The first kappa shape index (κ1) is 18.6. The van der Waals surface area contributed by atoms with Gasteiger partial charge in [-0.25, -0.2) is 4.98 Å². The Hall–Kier alpha value is -2.21. The Labute approximate surface area is 158 Å². The molecular formula is C20H25N3O2S. The lowest BCUT2D eigenvalue weighted by molar-refractivity contribution is -0.118. The SMILES string of the molecule is COc1ccc(-n2ccnc2SCC(=O)NCCC2=CCCCC2)cc1. The minimum absolute atomic E-state index is 0.0516. The van der Waals surface area contributed by atoms with Gasteiger partial charge in [-0.3, -0.25) is 9.36 Å². The number of thioether (sulfide) groups is 1. The molecule has 5 nitrogen and oxygen atoms in total. The van der Waals surface area contributed by atoms with E-state index in [0.29, 0.717) is 5.75 Å². The highest BCUT2D eigenvalue weighted by Crippen LogP contribution is 2.22. The standard InChI is InChI=1S/C20H25N3O2S/c1-25-18-9-7-17(8-10-18)23-14-13-22-20(23)26-15-19(24)21-12-11-16-5-3-2-4-6-16/h5,7-10,13-14H,2-4,6,11-12,15H2,1H3,(H,21,24). The Kier molecular flexibility index (Phi) is 6.77. The smallest absolute Gasteiger partial charge is 0.230 e. The van der Waals surface area contributed by atoms with Crippen molar-refractivity contribution in [2.75, 3.05) is 19.4 Å². The Balaban J connectivity index is 1.48. The van der Waals surface area contributed by atoms with Crippen molar-refractivity contribution in [2.24, 2.45) is 0 Å². The molecule has 1 amide bonds. The van der Waals surface area contributed by atoms with E-state index < -0.39 is 0 Å². The summed E-state index contributed by atoms with van der Waals surface area (Å²) in [6, 6.07) is 7.78. The fourth-order valence-corrected chi connectivity index (χ4v) is 3.81. The number of methoxy groups -OCH3 is 1. The zero-order valence-corrected chi connectivity index (χ0v) is 15.9. The predicted octanol–water partition coefficient (Wildman–Crippen LogP) is 3.98. The van der Waals surface area contributed by atoms with Crippen LogP contribution >= 0.6 is 11.8 Å². The summed E-state index contributed by atoms with van der Waals surface area (Å²) < 4.78 is 7.17. The second-order valence-corrected chi connectivity index (χ2v) is 7.22. The summed E-state index contributed by atoms with van der Waals surface area (Å²) in [7, 11) is 1.65. The van der Waals surface area contributed by atoms with Crippen molar-refractivity contribution in [1.82, 2.24) is 14.9 Å². The quantitative estimate of drug-likeness (QED) is 0.563. The number of hydrogen-bond acceptors (Lipinski definition) is 4. The van der Waals surface area contributed by atoms with Gasteiger partial charge in [0.1, 0.15) is 5.75 Å². The van der Waals surface area contributed by atoms with E-state index in [4.69, 9.17) is 4.74 Å². The fraction of sp³-hybridized carbons (Fsp3) is 0.400. The third-order valence-corrected chi connectivity index (χ3v) is 5.41. The van der Waals surface area contributed by atoms with E-state index in [1.165, 1.54) is 43.0 Å². The number of amides is 1. The molecule has 0 spiro atoms. The zero-order valence-electron chi connectivity index (χ0n) is 15.1.